The molecule has 0 radical (unpaired) electrons. The first kappa shape index (κ1) is 18.7. The van der Waals surface area contributed by atoms with E-state index >= 15 is 0 Å². The first-order valence-corrected chi connectivity index (χ1v) is 8.53. The molecular formula is C17H24ClN3O3. The molecule has 2 amide bonds. The number of hydrogen-bond acceptors (Lipinski definition) is 4. The van der Waals surface area contributed by atoms with Crippen molar-refractivity contribution in [3.8, 4) is 0 Å². The second-order valence-electron chi connectivity index (χ2n) is 5.77. The number of nitrogens with one attached hydrogen (secondary N) is 1. The Labute approximate surface area is 147 Å². The third kappa shape index (κ3) is 6.47. The van der Waals surface area contributed by atoms with Crippen molar-refractivity contribution >= 4 is 29.1 Å². The van der Waals surface area contributed by atoms with Crippen LogP contribution in [0.5, 0.6) is 0 Å². The van der Waals surface area contributed by atoms with E-state index in [0.29, 0.717) is 23.8 Å². The first-order valence-electron chi connectivity index (χ1n) is 8.15. The molecule has 1 heterocycles. The van der Waals surface area contributed by atoms with Crippen molar-refractivity contribution in [1.82, 2.24) is 9.80 Å². The molecule has 1 aromatic carbocycles. The minimum absolute atomic E-state index is 0.0150. The average Bonchev–Trinajstić information content (AvgIpc) is 2.55. The lowest BCUT2D eigenvalue weighted by molar-refractivity contribution is -0.129. The Morgan fingerprint density at radius 2 is 2.04 bits per heavy atom. The highest BCUT2D eigenvalue weighted by atomic mass is 35.5. The van der Waals surface area contributed by atoms with Crippen LogP contribution in [0.4, 0.5) is 5.69 Å². The summed E-state index contributed by atoms with van der Waals surface area (Å²) in [7, 11) is 0. The lowest BCUT2D eigenvalue weighted by atomic mass is 10.3. The van der Waals surface area contributed by atoms with Gasteiger partial charge in [0.15, 0.2) is 0 Å². The van der Waals surface area contributed by atoms with Crippen LogP contribution in [0.25, 0.3) is 0 Å². The van der Waals surface area contributed by atoms with Crippen molar-refractivity contribution < 1.29 is 14.3 Å². The van der Waals surface area contributed by atoms with Gasteiger partial charge in [-0.25, -0.2) is 0 Å². The number of rotatable bonds is 7. The van der Waals surface area contributed by atoms with Gasteiger partial charge >= 0.3 is 0 Å². The largest absolute Gasteiger partial charge is 0.379 e. The van der Waals surface area contributed by atoms with E-state index in [4.69, 9.17) is 16.3 Å². The summed E-state index contributed by atoms with van der Waals surface area (Å²) in [5.41, 5.74) is 0.662. The number of benzene rings is 1. The zero-order valence-corrected chi connectivity index (χ0v) is 14.7. The maximum absolute atomic E-state index is 12.0. The van der Waals surface area contributed by atoms with E-state index in [9.17, 15) is 9.59 Å². The second kappa shape index (κ2) is 9.61. The Kier molecular flexibility index (Phi) is 7.49. The topological polar surface area (TPSA) is 61.9 Å². The molecule has 7 heteroatoms. The van der Waals surface area contributed by atoms with Gasteiger partial charge in [-0.05, 0) is 18.2 Å². The lowest BCUT2D eigenvalue weighted by Gasteiger charge is -2.29. The molecule has 0 bridgehead atoms. The predicted molar refractivity (Wildman–Crippen MR) is 94.2 cm³/mol. The number of ether oxygens (including phenoxy) is 1. The summed E-state index contributed by atoms with van der Waals surface area (Å²) in [6.45, 7) is 6.63. The van der Waals surface area contributed by atoms with Gasteiger partial charge in [0.25, 0.3) is 0 Å². The zero-order valence-electron chi connectivity index (χ0n) is 14.0. The zero-order chi connectivity index (χ0) is 17.4. The minimum atomic E-state index is -0.130. The van der Waals surface area contributed by atoms with E-state index in [0.717, 1.165) is 32.8 Å². The third-order valence-corrected chi connectivity index (χ3v) is 4.19. The fourth-order valence-corrected chi connectivity index (χ4v) is 2.73. The van der Waals surface area contributed by atoms with Gasteiger partial charge in [0, 0.05) is 56.8 Å². The standard InChI is InChI=1S/C17H24ClN3O3/c1-14(22)21(8-7-20-9-11-24-12-10-20)6-5-17(23)19-16-4-2-3-15(18)13-16/h2-4,13H,5-12H2,1H3,(H,19,23). The van der Waals surface area contributed by atoms with Crippen LogP contribution in [0.3, 0.4) is 0 Å². The maximum atomic E-state index is 12.0. The Hall–Kier alpha value is -1.63. The fourth-order valence-electron chi connectivity index (χ4n) is 2.54. The number of carbonyl (C=O) groups is 2. The number of morpholine rings is 1. The normalized spacial score (nSPS) is 15.1. The third-order valence-electron chi connectivity index (χ3n) is 3.95. The van der Waals surface area contributed by atoms with Gasteiger partial charge in [0.1, 0.15) is 0 Å². The minimum Gasteiger partial charge on any atom is -0.379 e. The van der Waals surface area contributed by atoms with Gasteiger partial charge in [-0.2, -0.15) is 0 Å². The van der Waals surface area contributed by atoms with Crippen molar-refractivity contribution in [3.63, 3.8) is 0 Å². The second-order valence-corrected chi connectivity index (χ2v) is 6.21. The highest BCUT2D eigenvalue weighted by molar-refractivity contribution is 6.30. The number of anilines is 1. The summed E-state index contributed by atoms with van der Waals surface area (Å²) in [5.74, 6) is -0.145. The van der Waals surface area contributed by atoms with E-state index in [2.05, 4.69) is 10.2 Å². The van der Waals surface area contributed by atoms with Gasteiger partial charge < -0.3 is 15.0 Å². The van der Waals surface area contributed by atoms with E-state index in [-0.39, 0.29) is 18.2 Å². The molecule has 1 saturated heterocycles. The fraction of sp³-hybridized carbons (Fsp3) is 0.529. The molecule has 24 heavy (non-hydrogen) atoms. The van der Waals surface area contributed by atoms with Gasteiger partial charge in [0.2, 0.25) is 11.8 Å². The Balaban J connectivity index is 1.75. The van der Waals surface area contributed by atoms with Crippen LogP contribution in [0.15, 0.2) is 24.3 Å². The van der Waals surface area contributed by atoms with E-state index in [1.54, 1.807) is 29.2 Å². The van der Waals surface area contributed by atoms with Crippen molar-refractivity contribution in [1.29, 1.82) is 0 Å². The SMILES string of the molecule is CC(=O)N(CCC(=O)Nc1cccc(Cl)c1)CCN1CCOCC1. The van der Waals surface area contributed by atoms with Crippen LogP contribution < -0.4 is 5.32 Å². The molecule has 1 fully saturated rings. The van der Waals surface area contributed by atoms with Crippen LogP contribution in [0.2, 0.25) is 5.02 Å². The molecule has 6 nitrogen and oxygen atoms in total. The number of amides is 2. The number of hydrogen-bond donors (Lipinski definition) is 1. The Morgan fingerprint density at radius 3 is 2.71 bits per heavy atom. The molecule has 1 N–H and O–H groups in total. The maximum Gasteiger partial charge on any atom is 0.226 e. The van der Waals surface area contributed by atoms with Crippen LogP contribution in [0, 0.1) is 0 Å². The van der Waals surface area contributed by atoms with Crippen LogP contribution in [-0.4, -0.2) is 67.6 Å². The summed E-state index contributed by atoms with van der Waals surface area (Å²) in [6, 6.07) is 7.01. The number of nitrogens with zero attached hydrogens (tertiary/aromatic N) is 2. The molecule has 1 aliphatic rings. The summed E-state index contributed by atoms with van der Waals surface area (Å²) in [5, 5.41) is 3.37. The molecule has 0 aromatic heterocycles. The van der Waals surface area contributed by atoms with Gasteiger partial charge in [-0.1, -0.05) is 17.7 Å². The highest BCUT2D eigenvalue weighted by Gasteiger charge is 2.15. The first-order chi connectivity index (χ1) is 11.5. The van der Waals surface area contributed by atoms with Crippen LogP contribution in [-0.2, 0) is 14.3 Å². The highest BCUT2D eigenvalue weighted by Crippen LogP contribution is 2.15. The molecule has 0 unspecified atom stereocenters. The Bertz CT molecular complexity index is 562. The number of halogens is 1. The molecule has 1 aromatic rings. The molecule has 0 aliphatic carbocycles. The average molecular weight is 354 g/mol. The van der Waals surface area contributed by atoms with Gasteiger partial charge in [-0.15, -0.1) is 0 Å². The van der Waals surface area contributed by atoms with E-state index in [1.165, 1.54) is 6.92 Å². The predicted octanol–water partition coefficient (Wildman–Crippen LogP) is 1.85. The lowest BCUT2D eigenvalue weighted by Crippen LogP contribution is -2.43. The van der Waals surface area contributed by atoms with Crippen molar-refractivity contribution in [2.24, 2.45) is 0 Å². The summed E-state index contributed by atoms with van der Waals surface area (Å²) in [4.78, 5) is 27.8. The molecule has 2 rings (SSSR count). The molecule has 132 valence electrons. The van der Waals surface area contributed by atoms with Gasteiger partial charge in [-0.3, -0.25) is 14.5 Å². The quantitative estimate of drug-likeness (QED) is 0.812. The molecule has 1 aliphatic heterocycles. The van der Waals surface area contributed by atoms with Crippen LogP contribution in [0.1, 0.15) is 13.3 Å². The number of carbonyl (C=O) groups excluding carboxylic acids is 2. The summed E-state index contributed by atoms with van der Waals surface area (Å²) >= 11 is 5.89. The monoisotopic (exact) mass is 353 g/mol. The molecular weight excluding hydrogens is 330 g/mol. The summed E-state index contributed by atoms with van der Waals surface area (Å²) in [6.07, 6.45) is 0.259. The van der Waals surface area contributed by atoms with E-state index in [1.807, 2.05) is 0 Å². The molecule has 0 saturated carbocycles. The van der Waals surface area contributed by atoms with E-state index < -0.39 is 0 Å². The van der Waals surface area contributed by atoms with Crippen LogP contribution >= 0.6 is 11.6 Å². The smallest absolute Gasteiger partial charge is 0.226 e. The van der Waals surface area contributed by atoms with Crippen molar-refractivity contribution in [2.45, 2.75) is 13.3 Å². The molecule has 0 atom stereocenters. The Morgan fingerprint density at radius 1 is 1.29 bits per heavy atom. The van der Waals surface area contributed by atoms with Crippen molar-refractivity contribution in [2.75, 3.05) is 51.3 Å². The molecule has 0 spiro atoms. The van der Waals surface area contributed by atoms with Crippen molar-refractivity contribution in [3.05, 3.63) is 29.3 Å². The van der Waals surface area contributed by atoms with Gasteiger partial charge in [0.05, 0.1) is 13.2 Å². The summed E-state index contributed by atoms with van der Waals surface area (Å²) < 4.78 is 5.31.